The topological polar surface area (TPSA) is 34.1 Å². The van der Waals surface area contributed by atoms with E-state index in [1.165, 1.54) is 10.4 Å². The van der Waals surface area contributed by atoms with Crippen molar-refractivity contribution >= 4 is 11.3 Å². The Morgan fingerprint density at radius 2 is 1.90 bits per heavy atom. The second-order valence-corrected chi connectivity index (χ2v) is 6.71. The standard InChI is InChI=1S/C17H24N2OS/c1-12(2)10-18-11-15-16(14-8-6-5-7-9-14)19-17(21-15)13(3)20-4/h5-9,12-13,18H,10-11H2,1-4H3. The van der Waals surface area contributed by atoms with Crippen LogP contribution >= 0.6 is 11.3 Å². The lowest BCUT2D eigenvalue weighted by Crippen LogP contribution is -2.18. The van der Waals surface area contributed by atoms with Gasteiger partial charge < -0.3 is 10.1 Å². The lowest BCUT2D eigenvalue weighted by Gasteiger charge is -2.07. The van der Waals surface area contributed by atoms with Crippen LogP contribution in [0.25, 0.3) is 11.3 Å². The lowest BCUT2D eigenvalue weighted by molar-refractivity contribution is 0.119. The maximum absolute atomic E-state index is 5.41. The van der Waals surface area contributed by atoms with Gasteiger partial charge in [0, 0.05) is 24.1 Å². The minimum Gasteiger partial charge on any atom is -0.375 e. The molecule has 0 radical (unpaired) electrons. The van der Waals surface area contributed by atoms with Gasteiger partial charge in [0.25, 0.3) is 0 Å². The van der Waals surface area contributed by atoms with Crippen molar-refractivity contribution in [1.29, 1.82) is 0 Å². The summed E-state index contributed by atoms with van der Waals surface area (Å²) in [5.74, 6) is 0.649. The summed E-state index contributed by atoms with van der Waals surface area (Å²) in [6.07, 6.45) is 0.0383. The number of hydrogen-bond donors (Lipinski definition) is 1. The normalized spacial score (nSPS) is 12.8. The molecule has 0 aliphatic heterocycles. The Hall–Kier alpha value is -1.23. The maximum atomic E-state index is 5.41. The van der Waals surface area contributed by atoms with Gasteiger partial charge in [-0.25, -0.2) is 4.98 Å². The Bertz CT molecular complexity index is 551. The minimum absolute atomic E-state index is 0.0383. The number of methoxy groups -OCH3 is 1. The van der Waals surface area contributed by atoms with E-state index in [2.05, 4.69) is 43.4 Å². The van der Waals surface area contributed by atoms with Gasteiger partial charge in [-0.1, -0.05) is 44.2 Å². The van der Waals surface area contributed by atoms with Crippen LogP contribution in [0.15, 0.2) is 30.3 Å². The van der Waals surface area contributed by atoms with Gasteiger partial charge in [0.2, 0.25) is 0 Å². The fraction of sp³-hybridized carbons (Fsp3) is 0.471. The molecule has 1 atom stereocenters. The molecule has 0 saturated heterocycles. The van der Waals surface area contributed by atoms with Crippen LogP contribution in [-0.4, -0.2) is 18.6 Å². The molecule has 3 nitrogen and oxygen atoms in total. The third-order valence-corrected chi connectivity index (χ3v) is 4.52. The van der Waals surface area contributed by atoms with E-state index in [9.17, 15) is 0 Å². The highest BCUT2D eigenvalue weighted by atomic mass is 32.1. The SMILES string of the molecule is COC(C)c1nc(-c2ccccc2)c(CNCC(C)C)s1. The van der Waals surface area contributed by atoms with Crippen LogP contribution in [0, 0.1) is 5.92 Å². The zero-order valence-electron chi connectivity index (χ0n) is 13.2. The largest absolute Gasteiger partial charge is 0.375 e. The lowest BCUT2D eigenvalue weighted by atomic mass is 10.1. The highest BCUT2D eigenvalue weighted by Gasteiger charge is 2.16. The number of aromatic nitrogens is 1. The molecule has 0 spiro atoms. The van der Waals surface area contributed by atoms with Crippen LogP contribution in [0.2, 0.25) is 0 Å². The Labute approximate surface area is 131 Å². The first-order chi connectivity index (χ1) is 10.1. The van der Waals surface area contributed by atoms with Gasteiger partial charge in [-0.3, -0.25) is 0 Å². The van der Waals surface area contributed by atoms with Crippen LogP contribution < -0.4 is 5.32 Å². The van der Waals surface area contributed by atoms with E-state index in [-0.39, 0.29) is 6.10 Å². The van der Waals surface area contributed by atoms with Gasteiger partial charge in [-0.15, -0.1) is 11.3 Å². The third-order valence-electron chi connectivity index (χ3n) is 3.30. The highest BCUT2D eigenvalue weighted by Crippen LogP contribution is 2.32. The first kappa shape index (κ1) is 16.1. The summed E-state index contributed by atoms with van der Waals surface area (Å²) < 4.78 is 5.41. The van der Waals surface area contributed by atoms with Gasteiger partial charge in [0.15, 0.2) is 0 Å². The second kappa shape index (κ2) is 7.69. The Morgan fingerprint density at radius 1 is 1.19 bits per heavy atom. The predicted molar refractivity (Wildman–Crippen MR) is 89.5 cm³/mol. The zero-order valence-corrected chi connectivity index (χ0v) is 14.0. The monoisotopic (exact) mass is 304 g/mol. The van der Waals surface area contributed by atoms with E-state index in [1.54, 1.807) is 18.4 Å². The molecule has 114 valence electrons. The molecule has 1 aromatic heterocycles. The predicted octanol–water partition coefficient (Wildman–Crippen LogP) is 4.26. The minimum atomic E-state index is 0.0383. The highest BCUT2D eigenvalue weighted by molar-refractivity contribution is 7.12. The molecule has 0 saturated carbocycles. The summed E-state index contributed by atoms with van der Waals surface area (Å²) in [4.78, 5) is 6.08. The van der Waals surface area contributed by atoms with Crippen LogP contribution in [0.5, 0.6) is 0 Å². The summed E-state index contributed by atoms with van der Waals surface area (Å²) >= 11 is 1.74. The third kappa shape index (κ3) is 4.37. The number of nitrogens with one attached hydrogen (secondary N) is 1. The van der Waals surface area contributed by atoms with E-state index >= 15 is 0 Å². The van der Waals surface area contributed by atoms with E-state index in [4.69, 9.17) is 9.72 Å². The van der Waals surface area contributed by atoms with Crippen molar-refractivity contribution in [2.24, 2.45) is 5.92 Å². The fourth-order valence-electron chi connectivity index (χ4n) is 2.06. The molecule has 2 rings (SSSR count). The van der Waals surface area contributed by atoms with Crippen molar-refractivity contribution in [2.45, 2.75) is 33.4 Å². The number of thiazole rings is 1. The summed E-state index contributed by atoms with van der Waals surface area (Å²) in [5.41, 5.74) is 2.25. The number of nitrogens with zero attached hydrogens (tertiary/aromatic N) is 1. The molecule has 0 aliphatic rings. The molecule has 0 amide bonds. The first-order valence-electron chi connectivity index (χ1n) is 7.40. The van der Waals surface area contributed by atoms with Crippen LogP contribution in [-0.2, 0) is 11.3 Å². The summed E-state index contributed by atoms with van der Waals surface area (Å²) in [6, 6.07) is 10.4. The number of rotatable bonds is 7. The van der Waals surface area contributed by atoms with E-state index in [1.807, 2.05) is 13.0 Å². The summed E-state index contributed by atoms with van der Waals surface area (Å²) in [7, 11) is 1.73. The smallest absolute Gasteiger partial charge is 0.122 e. The molecular weight excluding hydrogens is 280 g/mol. The first-order valence-corrected chi connectivity index (χ1v) is 8.22. The second-order valence-electron chi connectivity index (χ2n) is 5.59. The van der Waals surface area contributed by atoms with Crippen molar-refractivity contribution < 1.29 is 4.74 Å². The van der Waals surface area contributed by atoms with Crippen molar-refractivity contribution in [2.75, 3.05) is 13.7 Å². The van der Waals surface area contributed by atoms with Gasteiger partial charge in [0.1, 0.15) is 11.1 Å². The Kier molecular flexibility index (Phi) is 5.91. The van der Waals surface area contributed by atoms with Crippen LogP contribution in [0.1, 0.15) is 36.8 Å². The van der Waals surface area contributed by atoms with Crippen molar-refractivity contribution in [1.82, 2.24) is 10.3 Å². The molecular formula is C17H24N2OS. The fourth-order valence-corrected chi connectivity index (χ4v) is 3.15. The quantitative estimate of drug-likeness (QED) is 0.829. The van der Waals surface area contributed by atoms with Crippen molar-refractivity contribution in [3.8, 4) is 11.3 Å². The summed E-state index contributed by atoms with van der Waals surface area (Å²) in [6.45, 7) is 8.35. The average molecular weight is 304 g/mol. The van der Waals surface area contributed by atoms with E-state index in [0.29, 0.717) is 5.92 Å². The van der Waals surface area contributed by atoms with Crippen molar-refractivity contribution in [3.63, 3.8) is 0 Å². The average Bonchev–Trinajstić information content (AvgIpc) is 2.91. The molecule has 4 heteroatoms. The van der Waals surface area contributed by atoms with E-state index < -0.39 is 0 Å². The summed E-state index contributed by atoms with van der Waals surface area (Å²) in [5, 5.41) is 4.55. The number of benzene rings is 1. The van der Waals surface area contributed by atoms with Gasteiger partial charge in [-0.05, 0) is 19.4 Å². The van der Waals surface area contributed by atoms with Crippen LogP contribution in [0.3, 0.4) is 0 Å². The molecule has 1 unspecified atom stereocenters. The van der Waals surface area contributed by atoms with E-state index in [0.717, 1.165) is 23.8 Å². The zero-order chi connectivity index (χ0) is 15.2. The molecule has 1 aromatic carbocycles. The molecule has 1 N–H and O–H groups in total. The number of ether oxygens (including phenoxy) is 1. The molecule has 2 aromatic rings. The Morgan fingerprint density at radius 3 is 2.52 bits per heavy atom. The Balaban J connectivity index is 2.25. The van der Waals surface area contributed by atoms with Gasteiger partial charge in [0.05, 0.1) is 5.69 Å². The molecule has 1 heterocycles. The molecule has 0 aliphatic carbocycles. The van der Waals surface area contributed by atoms with Crippen LogP contribution in [0.4, 0.5) is 0 Å². The van der Waals surface area contributed by atoms with Gasteiger partial charge in [-0.2, -0.15) is 0 Å². The molecule has 0 bridgehead atoms. The molecule has 21 heavy (non-hydrogen) atoms. The maximum Gasteiger partial charge on any atom is 0.122 e. The number of hydrogen-bond acceptors (Lipinski definition) is 4. The van der Waals surface area contributed by atoms with Crippen molar-refractivity contribution in [3.05, 3.63) is 40.2 Å². The molecule has 0 fully saturated rings. The van der Waals surface area contributed by atoms with Gasteiger partial charge >= 0.3 is 0 Å².